The summed E-state index contributed by atoms with van der Waals surface area (Å²) in [6.45, 7) is 0. The number of hydrogen-bond donors (Lipinski definition) is 0. The van der Waals surface area contributed by atoms with Crippen LogP contribution in [0.4, 0.5) is 0 Å². The normalized spacial score (nSPS) is 11.3. The molecule has 2 heterocycles. The summed E-state index contributed by atoms with van der Waals surface area (Å²) in [5.41, 5.74) is 2.33. The highest BCUT2D eigenvalue weighted by atomic mass is 35.5. The molecule has 2 aromatic carbocycles. The van der Waals surface area contributed by atoms with E-state index in [4.69, 9.17) is 39.8 Å². The molecule has 0 bridgehead atoms. The van der Waals surface area contributed by atoms with E-state index in [1.54, 1.807) is 45.8 Å². The summed E-state index contributed by atoms with van der Waals surface area (Å²) in [6, 6.07) is 12.5. The van der Waals surface area contributed by atoms with Gasteiger partial charge in [0.1, 0.15) is 0 Å². The molecule has 0 aliphatic carbocycles. The maximum atomic E-state index is 13.1. The fourth-order valence-electron chi connectivity index (χ4n) is 2.93. The summed E-state index contributed by atoms with van der Waals surface area (Å²) < 4.78 is 3.31. The molecule has 0 spiro atoms. The molecule has 5 nitrogen and oxygen atoms in total. The molecule has 0 saturated carbocycles. The van der Waals surface area contributed by atoms with Crippen molar-refractivity contribution in [3.63, 3.8) is 0 Å². The molecule has 2 aromatic heterocycles. The molecule has 0 fully saturated rings. The average molecular weight is 466 g/mol. The standard InChI is InChI=1S/C20H15Cl3N4OS/c1-26-11-24-17-18(26)25-20(27(19(17)28)15-6-4-13(21)5-7-15)29-9-8-12-2-3-14(22)10-16(12)23/h2-7,10-11H,8-9H2,1H3. The van der Waals surface area contributed by atoms with Crippen molar-refractivity contribution >= 4 is 57.7 Å². The van der Waals surface area contributed by atoms with Gasteiger partial charge in [0.15, 0.2) is 16.3 Å². The number of aromatic nitrogens is 4. The highest BCUT2D eigenvalue weighted by Crippen LogP contribution is 2.26. The molecule has 4 aromatic rings. The van der Waals surface area contributed by atoms with Crippen LogP contribution >= 0.6 is 46.6 Å². The zero-order valence-corrected chi connectivity index (χ0v) is 18.4. The number of rotatable bonds is 5. The lowest BCUT2D eigenvalue weighted by Gasteiger charge is -2.12. The third-order valence-electron chi connectivity index (χ3n) is 4.41. The topological polar surface area (TPSA) is 52.7 Å². The van der Waals surface area contributed by atoms with Crippen molar-refractivity contribution in [2.45, 2.75) is 11.6 Å². The fraction of sp³-hybridized carbons (Fsp3) is 0.150. The number of thioether (sulfide) groups is 1. The maximum absolute atomic E-state index is 13.1. The average Bonchev–Trinajstić information content (AvgIpc) is 3.06. The predicted octanol–water partition coefficient (Wildman–Crippen LogP) is 5.41. The zero-order valence-electron chi connectivity index (χ0n) is 15.3. The van der Waals surface area contributed by atoms with Crippen LogP contribution in [-0.2, 0) is 13.5 Å². The highest BCUT2D eigenvalue weighted by Gasteiger charge is 2.16. The molecule has 0 saturated heterocycles. The van der Waals surface area contributed by atoms with E-state index in [2.05, 4.69) is 4.98 Å². The third kappa shape index (κ3) is 4.16. The number of nitrogens with zero attached hydrogens (tertiary/aromatic N) is 4. The van der Waals surface area contributed by atoms with Crippen LogP contribution in [0.15, 0.2) is 58.7 Å². The fourth-order valence-corrected chi connectivity index (χ4v) is 4.53. The summed E-state index contributed by atoms with van der Waals surface area (Å²) in [6.07, 6.45) is 2.30. The monoisotopic (exact) mass is 464 g/mol. The lowest BCUT2D eigenvalue weighted by molar-refractivity contribution is 0.802. The van der Waals surface area contributed by atoms with Crippen LogP contribution < -0.4 is 5.56 Å². The molecule has 0 aliphatic heterocycles. The summed E-state index contributed by atoms with van der Waals surface area (Å²) in [5, 5.41) is 2.41. The maximum Gasteiger partial charge on any atom is 0.286 e. The molecule has 0 atom stereocenters. The van der Waals surface area contributed by atoms with Gasteiger partial charge < -0.3 is 4.57 Å². The van der Waals surface area contributed by atoms with E-state index in [-0.39, 0.29) is 5.56 Å². The van der Waals surface area contributed by atoms with Crippen LogP contribution in [0, 0.1) is 0 Å². The van der Waals surface area contributed by atoms with Gasteiger partial charge in [-0.1, -0.05) is 52.6 Å². The van der Waals surface area contributed by atoms with Crippen molar-refractivity contribution < 1.29 is 0 Å². The van der Waals surface area contributed by atoms with Crippen molar-refractivity contribution in [2.75, 3.05) is 5.75 Å². The Hall–Kier alpha value is -1.99. The second-order valence-electron chi connectivity index (χ2n) is 6.37. The molecule has 29 heavy (non-hydrogen) atoms. The lowest BCUT2D eigenvalue weighted by Crippen LogP contribution is -2.22. The molecule has 0 aliphatic rings. The van der Waals surface area contributed by atoms with Crippen molar-refractivity contribution in [1.82, 2.24) is 19.1 Å². The second-order valence-corrected chi connectivity index (χ2v) is 8.72. The number of aryl methyl sites for hydroxylation is 2. The van der Waals surface area contributed by atoms with Crippen molar-refractivity contribution in [2.24, 2.45) is 7.05 Å². The minimum absolute atomic E-state index is 0.218. The first-order valence-corrected chi connectivity index (χ1v) is 10.8. The number of fused-ring (bicyclic) bond motifs is 1. The lowest BCUT2D eigenvalue weighted by atomic mass is 10.2. The van der Waals surface area contributed by atoms with E-state index >= 15 is 0 Å². The molecule has 0 amide bonds. The largest absolute Gasteiger partial charge is 0.318 e. The van der Waals surface area contributed by atoms with Gasteiger partial charge in [0.25, 0.3) is 5.56 Å². The number of halogens is 3. The summed E-state index contributed by atoms with van der Waals surface area (Å²) in [4.78, 5) is 22.1. The Balaban J connectivity index is 1.71. The Morgan fingerprint density at radius 2 is 1.76 bits per heavy atom. The first-order chi connectivity index (χ1) is 13.9. The van der Waals surface area contributed by atoms with E-state index in [1.807, 2.05) is 19.2 Å². The van der Waals surface area contributed by atoms with E-state index in [9.17, 15) is 4.79 Å². The van der Waals surface area contributed by atoms with Gasteiger partial charge in [-0.15, -0.1) is 0 Å². The van der Waals surface area contributed by atoms with Crippen LogP contribution in [0.3, 0.4) is 0 Å². The van der Waals surface area contributed by atoms with Gasteiger partial charge >= 0.3 is 0 Å². The van der Waals surface area contributed by atoms with E-state index in [0.717, 1.165) is 5.56 Å². The van der Waals surface area contributed by atoms with Gasteiger partial charge in [0.2, 0.25) is 0 Å². The zero-order chi connectivity index (χ0) is 20.5. The Bertz CT molecular complexity index is 1250. The Morgan fingerprint density at radius 1 is 1.03 bits per heavy atom. The Morgan fingerprint density at radius 3 is 2.48 bits per heavy atom. The molecule has 148 valence electrons. The SMILES string of the molecule is Cn1cnc2c(=O)n(-c3ccc(Cl)cc3)c(SCCc3ccc(Cl)cc3Cl)nc21. The number of hydrogen-bond acceptors (Lipinski definition) is 4. The van der Waals surface area contributed by atoms with Crippen molar-refractivity contribution in [3.05, 3.63) is 79.8 Å². The molecular weight excluding hydrogens is 451 g/mol. The van der Waals surface area contributed by atoms with Gasteiger partial charge in [0.05, 0.1) is 12.0 Å². The van der Waals surface area contributed by atoms with Crippen molar-refractivity contribution in [1.29, 1.82) is 0 Å². The molecule has 9 heteroatoms. The molecule has 0 radical (unpaired) electrons. The van der Waals surface area contributed by atoms with Crippen LogP contribution in [0.2, 0.25) is 15.1 Å². The first kappa shape index (κ1) is 20.3. The number of imidazole rings is 1. The minimum Gasteiger partial charge on any atom is -0.318 e. The van der Waals surface area contributed by atoms with Gasteiger partial charge in [-0.3, -0.25) is 9.36 Å². The predicted molar refractivity (Wildman–Crippen MR) is 120 cm³/mol. The van der Waals surface area contributed by atoms with Gasteiger partial charge in [-0.2, -0.15) is 0 Å². The molecular formula is C20H15Cl3N4OS. The van der Waals surface area contributed by atoms with Crippen LogP contribution in [0.5, 0.6) is 0 Å². The smallest absolute Gasteiger partial charge is 0.286 e. The first-order valence-electron chi connectivity index (χ1n) is 8.71. The molecule has 0 unspecified atom stereocenters. The summed E-state index contributed by atoms with van der Waals surface area (Å²) in [5.74, 6) is 0.685. The Kier molecular flexibility index (Phi) is 5.88. The van der Waals surface area contributed by atoms with E-state index in [1.165, 1.54) is 11.8 Å². The summed E-state index contributed by atoms with van der Waals surface area (Å²) in [7, 11) is 1.82. The van der Waals surface area contributed by atoms with E-state index in [0.29, 0.717) is 49.2 Å². The van der Waals surface area contributed by atoms with Crippen molar-refractivity contribution in [3.8, 4) is 5.69 Å². The number of benzene rings is 2. The van der Waals surface area contributed by atoms with Gasteiger partial charge in [0, 0.05) is 27.9 Å². The molecule has 0 N–H and O–H groups in total. The molecule has 4 rings (SSSR count). The van der Waals surface area contributed by atoms with Crippen LogP contribution in [-0.4, -0.2) is 24.9 Å². The quantitative estimate of drug-likeness (QED) is 0.292. The van der Waals surface area contributed by atoms with Gasteiger partial charge in [-0.25, -0.2) is 9.97 Å². The van der Waals surface area contributed by atoms with Gasteiger partial charge in [-0.05, 0) is 48.4 Å². The van der Waals surface area contributed by atoms with Crippen LogP contribution in [0.1, 0.15) is 5.56 Å². The minimum atomic E-state index is -0.218. The Labute approximate surface area is 186 Å². The van der Waals surface area contributed by atoms with E-state index < -0.39 is 0 Å². The second kappa shape index (κ2) is 8.40. The third-order valence-corrected chi connectivity index (χ3v) is 6.19. The van der Waals surface area contributed by atoms with Crippen LogP contribution in [0.25, 0.3) is 16.9 Å². The summed E-state index contributed by atoms with van der Waals surface area (Å²) >= 11 is 19.7. The highest BCUT2D eigenvalue weighted by molar-refractivity contribution is 7.99.